The van der Waals surface area contributed by atoms with Gasteiger partial charge in [-0.15, -0.1) is 0 Å². The van der Waals surface area contributed by atoms with E-state index in [1.54, 1.807) is 17.0 Å². The summed E-state index contributed by atoms with van der Waals surface area (Å²) in [5.41, 5.74) is 1.90. The average molecular weight is 324 g/mol. The molecule has 0 saturated carbocycles. The number of hydrogen-bond acceptors (Lipinski definition) is 3. The quantitative estimate of drug-likeness (QED) is 0.805. The van der Waals surface area contributed by atoms with Gasteiger partial charge in [-0.05, 0) is 38.1 Å². The maximum Gasteiger partial charge on any atom is 0.274 e. The lowest BCUT2D eigenvalue weighted by molar-refractivity contribution is 0.0745. The number of carbonyl (C=O) groups is 1. The zero-order valence-electron chi connectivity index (χ0n) is 11.8. The topological polar surface area (TPSA) is 46.1 Å². The van der Waals surface area contributed by atoms with Crippen molar-refractivity contribution in [2.24, 2.45) is 0 Å². The first-order valence-corrected chi connectivity index (χ1v) is 7.30. The van der Waals surface area contributed by atoms with Crippen LogP contribution >= 0.6 is 23.2 Å². The van der Waals surface area contributed by atoms with Crippen LogP contribution in [0.1, 0.15) is 28.8 Å². The third-order valence-corrected chi connectivity index (χ3v) is 3.50. The van der Waals surface area contributed by atoms with Crippen molar-refractivity contribution in [2.45, 2.75) is 20.4 Å². The molecule has 2 heterocycles. The molecule has 0 N–H and O–H groups in total. The van der Waals surface area contributed by atoms with Crippen LogP contribution in [0.15, 0.2) is 30.3 Å². The summed E-state index contributed by atoms with van der Waals surface area (Å²) in [6, 6.07) is 8.84. The van der Waals surface area contributed by atoms with Gasteiger partial charge in [0.25, 0.3) is 5.91 Å². The Labute approximate surface area is 133 Å². The van der Waals surface area contributed by atoms with Crippen LogP contribution in [-0.2, 0) is 6.54 Å². The summed E-state index contributed by atoms with van der Waals surface area (Å²) in [7, 11) is 0. The fraction of sp³-hybridized carbons (Fsp3) is 0.267. The van der Waals surface area contributed by atoms with Gasteiger partial charge in [0, 0.05) is 12.2 Å². The molecule has 21 heavy (non-hydrogen) atoms. The highest BCUT2D eigenvalue weighted by molar-refractivity contribution is 6.34. The van der Waals surface area contributed by atoms with Crippen molar-refractivity contribution in [1.29, 1.82) is 0 Å². The molecule has 110 valence electrons. The maximum absolute atomic E-state index is 12.5. The first-order valence-electron chi connectivity index (χ1n) is 6.55. The monoisotopic (exact) mass is 323 g/mol. The minimum absolute atomic E-state index is 0.165. The molecule has 0 aliphatic carbocycles. The van der Waals surface area contributed by atoms with Crippen molar-refractivity contribution in [3.63, 3.8) is 0 Å². The Morgan fingerprint density at radius 2 is 1.95 bits per heavy atom. The molecule has 0 bridgehead atoms. The Morgan fingerprint density at radius 1 is 1.19 bits per heavy atom. The van der Waals surface area contributed by atoms with Gasteiger partial charge >= 0.3 is 0 Å². The number of halogens is 2. The molecule has 0 atom stereocenters. The van der Waals surface area contributed by atoms with E-state index in [0.29, 0.717) is 18.1 Å². The largest absolute Gasteiger partial charge is 0.332 e. The zero-order chi connectivity index (χ0) is 15.4. The Hall–Kier alpha value is -1.65. The van der Waals surface area contributed by atoms with Crippen LogP contribution in [0.25, 0.3) is 0 Å². The third-order valence-electron chi connectivity index (χ3n) is 2.98. The molecule has 0 aliphatic heterocycles. The average Bonchev–Trinajstić information content (AvgIpc) is 2.46. The van der Waals surface area contributed by atoms with Crippen molar-refractivity contribution >= 4 is 29.1 Å². The zero-order valence-corrected chi connectivity index (χ0v) is 13.3. The van der Waals surface area contributed by atoms with E-state index in [9.17, 15) is 4.79 Å². The number of rotatable bonds is 4. The minimum Gasteiger partial charge on any atom is -0.332 e. The van der Waals surface area contributed by atoms with E-state index in [2.05, 4.69) is 9.97 Å². The number of amides is 1. The second-order valence-electron chi connectivity index (χ2n) is 4.55. The van der Waals surface area contributed by atoms with Crippen molar-refractivity contribution < 1.29 is 4.79 Å². The van der Waals surface area contributed by atoms with E-state index in [-0.39, 0.29) is 16.8 Å². The van der Waals surface area contributed by atoms with Gasteiger partial charge in [0.1, 0.15) is 10.8 Å². The van der Waals surface area contributed by atoms with E-state index in [1.807, 2.05) is 32.0 Å². The van der Waals surface area contributed by atoms with Crippen LogP contribution in [0.2, 0.25) is 10.2 Å². The molecular weight excluding hydrogens is 309 g/mol. The molecule has 0 radical (unpaired) electrons. The van der Waals surface area contributed by atoms with Gasteiger partial charge in [-0.1, -0.05) is 29.3 Å². The lowest BCUT2D eigenvalue weighted by Gasteiger charge is -2.20. The SMILES string of the molecule is CCN(Cc1cccc(C)n1)C(=O)c1nc(Cl)ccc1Cl. The third kappa shape index (κ3) is 3.93. The number of aryl methyl sites for hydroxylation is 1. The molecule has 0 aliphatic rings. The van der Waals surface area contributed by atoms with Crippen LogP contribution < -0.4 is 0 Å². The van der Waals surface area contributed by atoms with E-state index < -0.39 is 0 Å². The molecule has 4 nitrogen and oxygen atoms in total. The summed E-state index contributed by atoms with van der Waals surface area (Å²) in [6.45, 7) is 4.74. The highest BCUT2D eigenvalue weighted by Crippen LogP contribution is 2.19. The predicted octanol–water partition coefficient (Wildman–Crippen LogP) is 3.75. The van der Waals surface area contributed by atoms with Gasteiger partial charge in [-0.3, -0.25) is 9.78 Å². The number of aromatic nitrogens is 2. The fourth-order valence-electron chi connectivity index (χ4n) is 1.93. The van der Waals surface area contributed by atoms with Gasteiger partial charge in [-0.2, -0.15) is 0 Å². The predicted molar refractivity (Wildman–Crippen MR) is 83.6 cm³/mol. The van der Waals surface area contributed by atoms with Crippen LogP contribution in [0.4, 0.5) is 0 Å². The van der Waals surface area contributed by atoms with Crippen molar-refractivity contribution in [3.05, 3.63) is 57.6 Å². The smallest absolute Gasteiger partial charge is 0.274 e. The highest BCUT2D eigenvalue weighted by atomic mass is 35.5. The van der Waals surface area contributed by atoms with E-state index >= 15 is 0 Å². The van der Waals surface area contributed by atoms with E-state index in [4.69, 9.17) is 23.2 Å². The Kier molecular flexibility index (Phi) is 5.15. The molecular formula is C15H15Cl2N3O. The van der Waals surface area contributed by atoms with Crippen LogP contribution in [0.3, 0.4) is 0 Å². The minimum atomic E-state index is -0.256. The standard InChI is InChI=1S/C15H15Cl2N3O/c1-3-20(9-11-6-4-5-10(2)18-11)15(21)14-12(16)7-8-13(17)19-14/h4-8H,3,9H2,1-2H3. The molecule has 1 amide bonds. The normalized spacial score (nSPS) is 10.5. The molecule has 0 fully saturated rings. The van der Waals surface area contributed by atoms with Crippen molar-refractivity contribution in [1.82, 2.24) is 14.9 Å². The molecule has 0 unspecified atom stereocenters. The van der Waals surface area contributed by atoms with E-state index in [0.717, 1.165) is 11.4 Å². The summed E-state index contributed by atoms with van der Waals surface area (Å²) in [4.78, 5) is 22.6. The van der Waals surface area contributed by atoms with Crippen LogP contribution in [0, 0.1) is 6.92 Å². The van der Waals surface area contributed by atoms with Gasteiger partial charge < -0.3 is 4.90 Å². The number of hydrogen-bond donors (Lipinski definition) is 0. The second kappa shape index (κ2) is 6.87. The molecule has 2 aromatic rings. The first kappa shape index (κ1) is 15.7. The summed E-state index contributed by atoms with van der Waals surface area (Å²) >= 11 is 11.9. The van der Waals surface area contributed by atoms with Crippen LogP contribution in [-0.4, -0.2) is 27.3 Å². The second-order valence-corrected chi connectivity index (χ2v) is 5.35. The fourth-order valence-corrected chi connectivity index (χ4v) is 2.26. The molecule has 0 aromatic carbocycles. The Bertz CT molecular complexity index is 661. The molecule has 2 rings (SSSR count). The number of nitrogens with zero attached hydrogens (tertiary/aromatic N) is 3. The lowest BCUT2D eigenvalue weighted by atomic mass is 10.2. The van der Waals surface area contributed by atoms with Crippen LogP contribution in [0.5, 0.6) is 0 Å². The molecule has 0 saturated heterocycles. The highest BCUT2D eigenvalue weighted by Gasteiger charge is 2.19. The van der Waals surface area contributed by atoms with E-state index in [1.165, 1.54) is 0 Å². The summed E-state index contributed by atoms with van der Waals surface area (Å²) < 4.78 is 0. The Morgan fingerprint density at radius 3 is 2.62 bits per heavy atom. The summed E-state index contributed by atoms with van der Waals surface area (Å²) in [6.07, 6.45) is 0. The molecule has 2 aromatic heterocycles. The van der Waals surface area contributed by atoms with Gasteiger partial charge in [-0.25, -0.2) is 4.98 Å². The summed E-state index contributed by atoms with van der Waals surface area (Å²) in [5, 5.41) is 0.535. The molecule has 0 spiro atoms. The Balaban J connectivity index is 2.24. The van der Waals surface area contributed by atoms with Crippen molar-refractivity contribution in [2.75, 3.05) is 6.54 Å². The molecule has 6 heteroatoms. The number of pyridine rings is 2. The lowest BCUT2D eigenvalue weighted by Crippen LogP contribution is -2.31. The van der Waals surface area contributed by atoms with Gasteiger partial charge in [0.15, 0.2) is 0 Å². The van der Waals surface area contributed by atoms with Gasteiger partial charge in [0.05, 0.1) is 17.3 Å². The van der Waals surface area contributed by atoms with Gasteiger partial charge in [0.2, 0.25) is 0 Å². The summed E-state index contributed by atoms with van der Waals surface area (Å²) in [5.74, 6) is -0.256. The van der Waals surface area contributed by atoms with Crippen molar-refractivity contribution in [3.8, 4) is 0 Å². The number of carbonyl (C=O) groups excluding carboxylic acids is 1. The first-order chi connectivity index (χ1) is 10.0. The maximum atomic E-state index is 12.5.